The van der Waals surface area contributed by atoms with Crippen LogP contribution in [0.5, 0.6) is 0 Å². The number of benzene rings is 1. The van der Waals surface area contributed by atoms with Crippen molar-refractivity contribution in [2.24, 2.45) is 5.73 Å². The Bertz CT molecular complexity index is 333. The van der Waals surface area contributed by atoms with Crippen molar-refractivity contribution >= 4 is 0 Å². The maximum absolute atomic E-state index is 5.86. The molecule has 0 aromatic heterocycles. The summed E-state index contributed by atoms with van der Waals surface area (Å²) in [6.45, 7) is 5.48. The van der Waals surface area contributed by atoms with Gasteiger partial charge in [-0.25, -0.2) is 0 Å². The lowest BCUT2D eigenvalue weighted by atomic mass is 9.96. The minimum atomic E-state index is 0.127. The van der Waals surface area contributed by atoms with Crippen LogP contribution in [0.25, 0.3) is 0 Å². The number of nitrogens with two attached hydrogens (primary N) is 1. The van der Waals surface area contributed by atoms with E-state index >= 15 is 0 Å². The van der Waals surface area contributed by atoms with E-state index in [9.17, 15) is 0 Å². The van der Waals surface area contributed by atoms with Crippen LogP contribution >= 0.6 is 0 Å². The molecule has 3 N–H and O–H groups in total. The highest BCUT2D eigenvalue weighted by Crippen LogP contribution is 2.20. The summed E-state index contributed by atoms with van der Waals surface area (Å²) >= 11 is 0. The van der Waals surface area contributed by atoms with E-state index in [1.807, 2.05) is 6.07 Å². The largest absolute Gasteiger partial charge is 0.379 e. The fourth-order valence-electron chi connectivity index (χ4n) is 2.24. The van der Waals surface area contributed by atoms with Crippen molar-refractivity contribution in [3.05, 3.63) is 35.9 Å². The van der Waals surface area contributed by atoms with Crippen molar-refractivity contribution < 1.29 is 4.74 Å². The predicted molar refractivity (Wildman–Crippen MR) is 70.1 cm³/mol. The zero-order valence-corrected chi connectivity index (χ0v) is 10.5. The molecule has 0 amide bonds. The van der Waals surface area contributed by atoms with Crippen LogP contribution in [-0.2, 0) is 4.74 Å². The molecular weight excluding hydrogens is 212 g/mol. The van der Waals surface area contributed by atoms with Crippen LogP contribution < -0.4 is 11.1 Å². The number of ether oxygens (including phenoxy) is 1. The Morgan fingerprint density at radius 3 is 2.76 bits per heavy atom. The second-order valence-electron chi connectivity index (χ2n) is 5.09. The van der Waals surface area contributed by atoms with Gasteiger partial charge in [0.1, 0.15) is 0 Å². The van der Waals surface area contributed by atoms with Gasteiger partial charge in [0.2, 0.25) is 0 Å². The van der Waals surface area contributed by atoms with Gasteiger partial charge in [-0.15, -0.1) is 0 Å². The molecule has 1 fully saturated rings. The molecule has 0 radical (unpaired) electrons. The third-order valence-electron chi connectivity index (χ3n) is 3.55. The van der Waals surface area contributed by atoms with Gasteiger partial charge in [-0.2, -0.15) is 0 Å². The van der Waals surface area contributed by atoms with Crippen molar-refractivity contribution in [2.45, 2.75) is 24.8 Å². The highest BCUT2D eigenvalue weighted by atomic mass is 16.5. The fourth-order valence-corrected chi connectivity index (χ4v) is 2.24. The Labute approximate surface area is 103 Å². The highest BCUT2D eigenvalue weighted by Gasteiger charge is 2.29. The SMILES string of the molecule is CC1(NCC(CN)c2ccccc2)CCOC1. The predicted octanol–water partition coefficient (Wildman–Crippen LogP) is 1.50. The standard InChI is InChI=1S/C14H22N2O/c1-14(7-8-17-11-14)16-10-13(9-15)12-5-3-2-4-6-12/h2-6,13,16H,7-11,15H2,1H3. The monoisotopic (exact) mass is 234 g/mol. The van der Waals surface area contributed by atoms with Crippen LogP contribution in [0.3, 0.4) is 0 Å². The molecule has 0 bridgehead atoms. The lowest BCUT2D eigenvalue weighted by Crippen LogP contribution is -2.45. The summed E-state index contributed by atoms with van der Waals surface area (Å²) in [5.41, 5.74) is 7.30. The summed E-state index contributed by atoms with van der Waals surface area (Å²) in [4.78, 5) is 0. The maximum Gasteiger partial charge on any atom is 0.0646 e. The molecule has 1 aromatic rings. The number of hydrogen-bond donors (Lipinski definition) is 2. The second-order valence-corrected chi connectivity index (χ2v) is 5.09. The smallest absolute Gasteiger partial charge is 0.0646 e. The van der Waals surface area contributed by atoms with Gasteiger partial charge in [-0.1, -0.05) is 30.3 Å². The molecule has 1 aromatic carbocycles. The molecule has 1 aliphatic heterocycles. The zero-order valence-electron chi connectivity index (χ0n) is 10.5. The van der Waals surface area contributed by atoms with E-state index in [1.54, 1.807) is 0 Å². The third kappa shape index (κ3) is 3.28. The molecule has 2 rings (SSSR count). The molecular formula is C14H22N2O. The molecule has 3 nitrogen and oxygen atoms in total. The highest BCUT2D eigenvalue weighted by molar-refractivity contribution is 5.20. The van der Waals surface area contributed by atoms with Gasteiger partial charge in [0.25, 0.3) is 0 Å². The van der Waals surface area contributed by atoms with Crippen molar-refractivity contribution in [1.82, 2.24) is 5.32 Å². The molecule has 1 aliphatic rings. The molecule has 0 saturated carbocycles. The summed E-state index contributed by atoms with van der Waals surface area (Å²) in [5.74, 6) is 0.383. The van der Waals surface area contributed by atoms with Gasteiger partial charge in [0.15, 0.2) is 0 Å². The van der Waals surface area contributed by atoms with E-state index in [1.165, 1.54) is 5.56 Å². The van der Waals surface area contributed by atoms with Crippen LogP contribution in [0.4, 0.5) is 0 Å². The van der Waals surface area contributed by atoms with E-state index in [4.69, 9.17) is 10.5 Å². The summed E-state index contributed by atoms with van der Waals surface area (Å²) in [5, 5.41) is 3.60. The van der Waals surface area contributed by atoms with Gasteiger partial charge in [-0.05, 0) is 18.9 Å². The van der Waals surface area contributed by atoms with Crippen LogP contribution in [0, 0.1) is 0 Å². The Kier molecular flexibility index (Phi) is 4.15. The fraction of sp³-hybridized carbons (Fsp3) is 0.571. The lowest BCUT2D eigenvalue weighted by molar-refractivity contribution is 0.171. The zero-order chi connectivity index (χ0) is 12.1. The molecule has 2 unspecified atom stereocenters. The quantitative estimate of drug-likeness (QED) is 0.811. The van der Waals surface area contributed by atoms with Gasteiger partial charge < -0.3 is 15.8 Å². The molecule has 3 heteroatoms. The normalized spacial score (nSPS) is 26.0. The Morgan fingerprint density at radius 1 is 1.41 bits per heavy atom. The van der Waals surface area contributed by atoms with E-state index in [0.29, 0.717) is 12.5 Å². The van der Waals surface area contributed by atoms with Crippen LogP contribution in [0.1, 0.15) is 24.8 Å². The van der Waals surface area contributed by atoms with Crippen molar-refractivity contribution in [2.75, 3.05) is 26.3 Å². The Balaban J connectivity index is 1.92. The van der Waals surface area contributed by atoms with Gasteiger partial charge in [-0.3, -0.25) is 0 Å². The van der Waals surface area contributed by atoms with E-state index < -0.39 is 0 Å². The van der Waals surface area contributed by atoms with E-state index in [2.05, 4.69) is 36.5 Å². The second kappa shape index (κ2) is 5.63. The van der Waals surface area contributed by atoms with Crippen LogP contribution in [0.15, 0.2) is 30.3 Å². The molecule has 17 heavy (non-hydrogen) atoms. The molecule has 2 atom stereocenters. The molecule has 1 heterocycles. The summed E-state index contributed by atoms with van der Waals surface area (Å²) < 4.78 is 5.44. The van der Waals surface area contributed by atoms with E-state index in [-0.39, 0.29) is 5.54 Å². The number of nitrogens with one attached hydrogen (secondary N) is 1. The molecule has 0 aliphatic carbocycles. The van der Waals surface area contributed by atoms with Crippen molar-refractivity contribution in [3.8, 4) is 0 Å². The van der Waals surface area contributed by atoms with Gasteiger partial charge in [0.05, 0.1) is 6.61 Å². The van der Waals surface area contributed by atoms with Gasteiger partial charge in [0, 0.05) is 31.2 Å². The minimum absolute atomic E-state index is 0.127. The third-order valence-corrected chi connectivity index (χ3v) is 3.55. The van der Waals surface area contributed by atoms with Crippen molar-refractivity contribution in [1.29, 1.82) is 0 Å². The van der Waals surface area contributed by atoms with Crippen LogP contribution in [0.2, 0.25) is 0 Å². The van der Waals surface area contributed by atoms with Crippen LogP contribution in [-0.4, -0.2) is 31.8 Å². The summed E-state index contributed by atoms with van der Waals surface area (Å²) in [7, 11) is 0. The minimum Gasteiger partial charge on any atom is -0.379 e. The maximum atomic E-state index is 5.86. The first-order chi connectivity index (χ1) is 8.23. The number of hydrogen-bond acceptors (Lipinski definition) is 3. The Hall–Kier alpha value is -0.900. The Morgan fingerprint density at radius 2 is 2.18 bits per heavy atom. The molecule has 0 spiro atoms. The van der Waals surface area contributed by atoms with Gasteiger partial charge >= 0.3 is 0 Å². The van der Waals surface area contributed by atoms with E-state index in [0.717, 1.165) is 26.2 Å². The first-order valence-corrected chi connectivity index (χ1v) is 6.31. The molecule has 94 valence electrons. The molecule has 1 saturated heterocycles. The first-order valence-electron chi connectivity index (χ1n) is 6.31. The first kappa shape index (κ1) is 12.6. The summed E-state index contributed by atoms with van der Waals surface area (Å²) in [6, 6.07) is 10.5. The lowest BCUT2D eigenvalue weighted by Gasteiger charge is -2.27. The number of rotatable bonds is 5. The topological polar surface area (TPSA) is 47.3 Å². The average Bonchev–Trinajstić information content (AvgIpc) is 2.79. The summed E-state index contributed by atoms with van der Waals surface area (Å²) in [6.07, 6.45) is 1.08. The van der Waals surface area contributed by atoms with Crippen molar-refractivity contribution in [3.63, 3.8) is 0 Å². The average molecular weight is 234 g/mol.